The third-order valence-corrected chi connectivity index (χ3v) is 24.4. The van der Waals surface area contributed by atoms with Gasteiger partial charge in [0.05, 0.1) is 33.7 Å². The number of benzene rings is 19. The summed E-state index contributed by atoms with van der Waals surface area (Å²) in [6.07, 6.45) is 9.33. The van der Waals surface area contributed by atoms with Gasteiger partial charge in [0.1, 0.15) is 40.0 Å². The van der Waals surface area contributed by atoms with Gasteiger partial charge >= 0.3 is 0 Å². The van der Waals surface area contributed by atoms with E-state index in [1.807, 2.05) is 42.5 Å². The summed E-state index contributed by atoms with van der Waals surface area (Å²) in [6.45, 7) is 0. The van der Waals surface area contributed by atoms with Crippen molar-refractivity contribution in [3.8, 4) is 78.1 Å². The minimum absolute atomic E-state index is 0.904. The number of aromatic nitrogens is 2. The molecule has 24 rings (SSSR count). The van der Waals surface area contributed by atoms with Crippen LogP contribution in [-0.4, -0.2) is 9.13 Å². The fourth-order valence-electron chi connectivity index (χ4n) is 18.0. The van der Waals surface area contributed by atoms with Crippen LogP contribution in [0, 0.1) is 6.08 Å². The molecule has 0 fully saturated rings. The van der Waals surface area contributed by atoms with Crippen LogP contribution in [0.4, 0.5) is 28.4 Å². The quantitative estimate of drug-likeness (QED) is 0.117. The Labute approximate surface area is 720 Å². The zero-order valence-corrected chi connectivity index (χ0v) is 68.4. The van der Waals surface area contributed by atoms with Gasteiger partial charge in [-0.3, -0.25) is 0 Å². The van der Waals surface area contributed by atoms with Crippen molar-refractivity contribution >= 4 is 155 Å². The summed E-state index contributed by atoms with van der Waals surface area (Å²) < 4.78 is 18.3. The average molecular weight is 1640 g/mol. The van der Waals surface area contributed by atoms with Crippen LogP contribution in [0.2, 0.25) is 0 Å². The molecule has 0 saturated carbocycles. The molecule has 0 amide bonds. The van der Waals surface area contributed by atoms with Crippen molar-refractivity contribution in [2.45, 2.75) is 0 Å². The second-order valence-corrected chi connectivity index (χ2v) is 32.1. The van der Waals surface area contributed by atoms with Crippen molar-refractivity contribution in [2.24, 2.45) is 0 Å². The molecule has 0 bridgehead atoms. The Hall–Kier alpha value is -15.9. The Morgan fingerprint density at radius 1 is 0.268 bits per heavy atom. The molecule has 0 unspecified atom stereocenters. The number of hydrogen-bond donors (Lipinski definition) is 1. The van der Waals surface area contributed by atoms with Crippen LogP contribution in [-0.2, 0) is 0 Å². The fraction of sp³-hybridized carbons (Fsp3) is 0. The first kappa shape index (κ1) is 73.5. The molecule has 0 saturated heterocycles. The molecular formula is C116H76BrN4O2+. The molecule has 6 nitrogen and oxygen atoms in total. The summed E-state index contributed by atoms with van der Waals surface area (Å²) >= 11 is 3.47. The number of hydrogen-bond acceptors (Lipinski definition) is 4. The van der Waals surface area contributed by atoms with Gasteiger partial charge in [0.2, 0.25) is 0 Å². The number of furan rings is 2. The molecule has 23 aromatic rings. The number of nitrogens with zero attached hydrogens (tertiary/aromatic N) is 3. The lowest BCUT2D eigenvalue weighted by molar-refractivity contribution is 0.669. The molecule has 0 spiro atoms. The Bertz CT molecular complexity index is 7890. The van der Waals surface area contributed by atoms with E-state index >= 15 is 0 Å². The highest BCUT2D eigenvalue weighted by atomic mass is 79.9. The molecule has 0 radical (unpaired) electrons. The molecule has 123 heavy (non-hydrogen) atoms. The van der Waals surface area contributed by atoms with Gasteiger partial charge in [-0.05, 0) is 200 Å². The van der Waals surface area contributed by atoms with Crippen LogP contribution in [0.25, 0.3) is 189 Å². The average Bonchev–Trinajstić information content (AvgIpc) is 1.60. The molecule has 578 valence electrons. The van der Waals surface area contributed by atoms with Gasteiger partial charge in [0, 0.05) is 116 Å². The fourth-order valence-corrected chi connectivity index (χ4v) is 18.3. The maximum absolute atomic E-state index is 6.43. The van der Waals surface area contributed by atoms with Gasteiger partial charge in [-0.15, -0.1) is 0 Å². The van der Waals surface area contributed by atoms with Gasteiger partial charge in [-0.1, -0.05) is 307 Å². The molecule has 1 N–H and O–H groups in total. The van der Waals surface area contributed by atoms with E-state index < -0.39 is 0 Å². The summed E-state index contributed by atoms with van der Waals surface area (Å²) in [4.78, 5) is 2.34. The molecule has 4 aromatic heterocycles. The van der Waals surface area contributed by atoms with Crippen LogP contribution in [0.1, 0.15) is 11.1 Å². The summed E-state index contributed by atoms with van der Waals surface area (Å²) in [6, 6.07) is 155. The molecule has 19 aromatic carbocycles. The van der Waals surface area contributed by atoms with E-state index in [2.05, 4.69) is 454 Å². The topological polar surface area (TPSA) is 51.4 Å². The standard InChI is InChI=1S/C58H38N2O.C40H27N2.C18H11BrO/c1-2-16-48-40(12-1)13-10-20-49(48)41-28-34-45(35-29-41)59(46-36-30-42(31-37-46)50-21-11-22-54-53-19-5-8-25-57(53)61-58(50)54)44-32-26-39(27-33-44)43-14-9-15-47(38-43)60-55-23-6-3-17-51(55)52-18-4-7-24-56(52)60;1-2-13-35-29(9-1)10-8-16-36(35)30-21-25-33(26-22-30)41-32-23-19-28(20-24-32)31-11-7-12-34(27-31)42-39-17-5-3-14-37(39)38-15-4-6-18-40(38)42;19-13-10-8-12(9-11-13)14-5-3-6-16-15-4-1-2-7-17(15)20-18(14)16/h1-38H;2-27,41H;1-11H/q;+1;. The summed E-state index contributed by atoms with van der Waals surface area (Å²) in [7, 11) is 0. The van der Waals surface area contributed by atoms with Gasteiger partial charge < -0.3 is 28.2 Å². The van der Waals surface area contributed by atoms with Crippen LogP contribution < -0.4 is 10.2 Å². The van der Waals surface area contributed by atoms with Crippen LogP contribution >= 0.6 is 15.9 Å². The highest BCUT2D eigenvalue weighted by molar-refractivity contribution is 9.10. The Morgan fingerprint density at radius 3 is 1.11 bits per heavy atom. The zero-order chi connectivity index (χ0) is 81.7. The number of rotatable bonds is 13. The zero-order valence-electron chi connectivity index (χ0n) is 66.8. The number of halogens is 1. The largest absolute Gasteiger partial charge is 0.455 e. The van der Waals surface area contributed by atoms with Crippen molar-refractivity contribution in [2.75, 3.05) is 10.2 Å². The van der Waals surface area contributed by atoms with Gasteiger partial charge in [0.15, 0.2) is 0 Å². The molecule has 1 aliphatic carbocycles. The first-order chi connectivity index (χ1) is 60.9. The third-order valence-electron chi connectivity index (χ3n) is 23.9. The summed E-state index contributed by atoms with van der Waals surface area (Å²) in [5, 5.41) is 15.7. The predicted molar refractivity (Wildman–Crippen MR) is 522 cm³/mol. The van der Waals surface area contributed by atoms with E-state index in [0.29, 0.717) is 0 Å². The molecular weight excluding hydrogens is 1560 g/mol. The lowest BCUT2D eigenvalue weighted by Crippen LogP contribution is -2.09. The van der Waals surface area contributed by atoms with E-state index in [0.717, 1.165) is 105 Å². The Balaban J connectivity index is 0.000000125. The highest BCUT2D eigenvalue weighted by Gasteiger charge is 2.22. The Kier molecular flexibility index (Phi) is 19.0. The third kappa shape index (κ3) is 13.9. The SMILES string of the molecule is Brc1ccc(-c2cccc3c2oc2ccccc23)cc1.[C+]1=Cc2cccc(-c3ccc(Nc4ccc(-c5cccc(-n6c7ccccc7c7ccccc76)c5)cc4)cc3)c2C=C1.c1cc(-c2ccc(N(c3ccc(-c4cccc5ccccc45)cc3)c3ccc(-c4cccc5c4oc4ccccc45)cc3)cc2)cc(-n2c3ccccc3c3ccccc32)c1. The van der Waals surface area contributed by atoms with Crippen LogP contribution in [0.5, 0.6) is 0 Å². The number of para-hydroxylation sites is 8. The van der Waals surface area contributed by atoms with E-state index in [4.69, 9.17) is 8.83 Å². The van der Waals surface area contributed by atoms with E-state index in [1.54, 1.807) is 0 Å². The van der Waals surface area contributed by atoms with E-state index in [9.17, 15) is 0 Å². The molecule has 7 heteroatoms. The van der Waals surface area contributed by atoms with Crippen LogP contribution in [0.15, 0.2) is 456 Å². The maximum atomic E-state index is 6.43. The van der Waals surface area contributed by atoms with Gasteiger partial charge in [-0.25, -0.2) is 0 Å². The van der Waals surface area contributed by atoms with E-state index in [-0.39, 0.29) is 0 Å². The number of nitrogens with one attached hydrogen (secondary N) is 1. The Morgan fingerprint density at radius 2 is 0.618 bits per heavy atom. The number of anilines is 5. The van der Waals surface area contributed by atoms with Crippen molar-refractivity contribution in [1.82, 2.24) is 9.13 Å². The molecule has 0 atom stereocenters. The minimum Gasteiger partial charge on any atom is -0.455 e. The monoisotopic (exact) mass is 1640 g/mol. The first-order valence-corrected chi connectivity index (χ1v) is 42.4. The van der Waals surface area contributed by atoms with E-state index in [1.165, 1.54) is 115 Å². The lowest BCUT2D eigenvalue weighted by atomic mass is 9.93. The summed E-state index contributed by atoms with van der Waals surface area (Å²) in [5.41, 5.74) is 32.7. The minimum atomic E-state index is 0.904. The smallest absolute Gasteiger partial charge is 0.143 e. The van der Waals surface area contributed by atoms with Gasteiger partial charge in [-0.2, -0.15) is 0 Å². The summed E-state index contributed by atoms with van der Waals surface area (Å²) in [5.74, 6) is 0. The first-order valence-electron chi connectivity index (χ1n) is 41.6. The van der Waals surface area contributed by atoms with Crippen molar-refractivity contribution in [1.29, 1.82) is 0 Å². The van der Waals surface area contributed by atoms with Gasteiger partial charge in [0.25, 0.3) is 0 Å². The lowest BCUT2D eigenvalue weighted by Gasteiger charge is -2.26. The van der Waals surface area contributed by atoms with Crippen molar-refractivity contribution < 1.29 is 8.83 Å². The second kappa shape index (κ2) is 31.8. The van der Waals surface area contributed by atoms with Crippen molar-refractivity contribution in [3.05, 3.63) is 465 Å². The molecule has 1 aliphatic rings. The number of fused-ring (bicyclic) bond motifs is 14. The maximum Gasteiger partial charge on any atom is 0.143 e. The van der Waals surface area contributed by atoms with Crippen LogP contribution in [0.3, 0.4) is 0 Å². The number of allylic oxidation sites excluding steroid dienone is 2. The normalized spacial score (nSPS) is 11.7. The molecule has 0 aliphatic heterocycles. The second-order valence-electron chi connectivity index (χ2n) is 31.1. The highest BCUT2D eigenvalue weighted by Crippen LogP contribution is 2.44. The predicted octanol–water partition coefficient (Wildman–Crippen LogP) is 33.0. The molecule has 4 heterocycles. The van der Waals surface area contributed by atoms with Crippen molar-refractivity contribution in [3.63, 3.8) is 0 Å².